The normalized spacial score (nSPS) is 26.6. The van der Waals surface area contributed by atoms with Gasteiger partial charge in [0.15, 0.2) is 0 Å². The van der Waals surface area contributed by atoms with Crippen LogP contribution in [0.15, 0.2) is 72.8 Å². The van der Waals surface area contributed by atoms with E-state index in [1.54, 1.807) is 18.2 Å². The minimum atomic E-state index is -4.45. The second kappa shape index (κ2) is 11.5. The molecule has 1 amide bonds. The number of ether oxygens (including phenoxy) is 2. The van der Waals surface area contributed by atoms with Crippen LogP contribution in [0.5, 0.6) is 11.5 Å². The van der Waals surface area contributed by atoms with Gasteiger partial charge in [0.1, 0.15) is 11.5 Å². The maximum Gasteiger partial charge on any atom is 0.416 e. The Morgan fingerprint density at radius 2 is 1.75 bits per heavy atom. The predicted octanol–water partition coefficient (Wildman–Crippen LogP) is 8.53. The molecule has 5 rings (SSSR count). The Labute approximate surface area is 237 Å². The fourth-order valence-corrected chi connectivity index (χ4v) is 6.27. The average molecular weight is 572 g/mol. The molecular formula is C32H33ClF3NO3. The topological polar surface area (TPSA) is 47.6 Å². The maximum atomic E-state index is 13.2. The molecule has 40 heavy (non-hydrogen) atoms. The third kappa shape index (κ3) is 6.64. The Balaban J connectivity index is 1.36. The lowest BCUT2D eigenvalue weighted by atomic mass is 9.66. The highest BCUT2D eigenvalue weighted by Crippen LogP contribution is 2.48. The zero-order valence-corrected chi connectivity index (χ0v) is 23.3. The van der Waals surface area contributed by atoms with Gasteiger partial charge in [0.05, 0.1) is 24.2 Å². The van der Waals surface area contributed by atoms with Crippen LogP contribution in [0.4, 0.5) is 13.2 Å². The van der Waals surface area contributed by atoms with E-state index in [4.69, 9.17) is 21.1 Å². The molecule has 212 valence electrons. The van der Waals surface area contributed by atoms with Gasteiger partial charge < -0.3 is 14.8 Å². The Bertz CT molecular complexity index is 1350. The molecule has 1 heterocycles. The van der Waals surface area contributed by atoms with Crippen molar-refractivity contribution in [2.75, 3.05) is 0 Å². The summed E-state index contributed by atoms with van der Waals surface area (Å²) < 4.78 is 52.0. The van der Waals surface area contributed by atoms with Crippen molar-refractivity contribution in [3.63, 3.8) is 0 Å². The number of hydrogen-bond donors (Lipinski definition) is 1. The first-order chi connectivity index (χ1) is 19.0. The Morgan fingerprint density at radius 3 is 2.48 bits per heavy atom. The number of alkyl halides is 3. The van der Waals surface area contributed by atoms with E-state index in [0.717, 1.165) is 42.5 Å². The molecule has 1 saturated heterocycles. The fraction of sp³-hybridized carbons (Fsp3) is 0.406. The predicted molar refractivity (Wildman–Crippen MR) is 148 cm³/mol. The van der Waals surface area contributed by atoms with Gasteiger partial charge in [-0.3, -0.25) is 4.79 Å². The molecule has 1 saturated carbocycles. The zero-order valence-electron chi connectivity index (χ0n) is 22.5. The van der Waals surface area contributed by atoms with Crippen LogP contribution in [-0.4, -0.2) is 17.6 Å². The molecule has 0 bridgehead atoms. The van der Waals surface area contributed by atoms with Gasteiger partial charge in [-0.15, -0.1) is 0 Å². The van der Waals surface area contributed by atoms with E-state index >= 15 is 0 Å². The molecule has 0 radical (unpaired) electrons. The number of amides is 1. The van der Waals surface area contributed by atoms with Crippen LogP contribution < -0.4 is 10.1 Å². The first-order valence-corrected chi connectivity index (χ1v) is 14.0. The molecule has 1 N–H and O–H groups in total. The summed E-state index contributed by atoms with van der Waals surface area (Å²) >= 11 is 6.00. The summed E-state index contributed by atoms with van der Waals surface area (Å²) in [5.74, 6) is 1.18. The minimum absolute atomic E-state index is 0.0172. The molecule has 0 unspecified atom stereocenters. The molecule has 3 aromatic rings. The lowest BCUT2D eigenvalue weighted by molar-refractivity contribution is -0.153. The van der Waals surface area contributed by atoms with E-state index in [2.05, 4.69) is 19.2 Å². The maximum absolute atomic E-state index is 13.2. The molecule has 3 aromatic carbocycles. The molecule has 1 aliphatic heterocycles. The van der Waals surface area contributed by atoms with Crippen molar-refractivity contribution in [2.45, 2.75) is 69.9 Å². The van der Waals surface area contributed by atoms with Crippen molar-refractivity contribution >= 4 is 17.5 Å². The molecule has 2 aliphatic rings. The molecule has 0 spiro atoms. The quantitative estimate of drug-likeness (QED) is 0.322. The van der Waals surface area contributed by atoms with Crippen molar-refractivity contribution < 1.29 is 27.4 Å². The van der Waals surface area contributed by atoms with E-state index in [-0.39, 0.29) is 36.2 Å². The average Bonchev–Trinajstić information content (AvgIpc) is 2.89. The summed E-state index contributed by atoms with van der Waals surface area (Å²) in [6.07, 6.45) is -0.993. The molecule has 8 heteroatoms. The van der Waals surface area contributed by atoms with Gasteiger partial charge >= 0.3 is 6.18 Å². The number of nitrogens with one attached hydrogen (secondary N) is 1. The Kier molecular flexibility index (Phi) is 8.16. The van der Waals surface area contributed by atoms with E-state index in [9.17, 15) is 18.0 Å². The number of halogens is 4. The van der Waals surface area contributed by atoms with E-state index in [0.29, 0.717) is 23.1 Å². The number of rotatable bonds is 6. The summed E-state index contributed by atoms with van der Waals surface area (Å²) in [6, 6.07) is 19.4. The van der Waals surface area contributed by atoms with Gasteiger partial charge in [-0.05, 0) is 79.3 Å². The molecule has 0 aromatic heterocycles. The number of carbonyl (C=O) groups is 1. The highest BCUT2D eigenvalue weighted by molar-refractivity contribution is 6.30. The van der Waals surface area contributed by atoms with E-state index in [1.165, 1.54) is 12.1 Å². The molecular weight excluding hydrogens is 539 g/mol. The molecule has 2 fully saturated rings. The standard InChI is InChI=1S/C32H33ClF3NO3/c1-20-9-14-27-28(15-20)40-29(19-31(27,2)37-30(38)16-21-10-12-24(33)13-11-21)22-5-3-7-25(17-22)39-26-8-4-6-23(18-26)32(34,35)36/h3-8,10-13,17-18,20,27-29H,9,14-16,19H2,1-2H3,(H,37,38)/t20-,27-,28-,29-,31-/m0/s1. The van der Waals surface area contributed by atoms with Crippen LogP contribution in [0, 0.1) is 11.8 Å². The number of benzene rings is 3. The summed E-state index contributed by atoms with van der Waals surface area (Å²) in [4.78, 5) is 13.2. The first kappa shape index (κ1) is 28.5. The number of fused-ring (bicyclic) bond motifs is 1. The second-order valence-corrected chi connectivity index (χ2v) is 11.8. The second-order valence-electron chi connectivity index (χ2n) is 11.4. The Hall–Kier alpha value is -3.03. The van der Waals surface area contributed by atoms with Gasteiger partial charge in [0.25, 0.3) is 0 Å². The highest BCUT2D eigenvalue weighted by atomic mass is 35.5. The third-order valence-electron chi connectivity index (χ3n) is 8.15. The van der Waals surface area contributed by atoms with Crippen LogP contribution in [0.25, 0.3) is 0 Å². The Morgan fingerprint density at radius 1 is 1.05 bits per heavy atom. The van der Waals surface area contributed by atoms with Gasteiger partial charge in [0, 0.05) is 22.9 Å². The van der Waals surface area contributed by atoms with Crippen LogP contribution >= 0.6 is 11.6 Å². The van der Waals surface area contributed by atoms with Crippen molar-refractivity contribution in [3.05, 3.63) is 94.5 Å². The lowest BCUT2D eigenvalue weighted by Crippen LogP contribution is -2.60. The monoisotopic (exact) mass is 571 g/mol. The third-order valence-corrected chi connectivity index (χ3v) is 8.40. The zero-order chi connectivity index (χ0) is 28.5. The van der Waals surface area contributed by atoms with Crippen molar-refractivity contribution in [1.82, 2.24) is 5.32 Å². The van der Waals surface area contributed by atoms with Crippen LogP contribution in [0.3, 0.4) is 0 Å². The van der Waals surface area contributed by atoms with Crippen molar-refractivity contribution in [3.8, 4) is 11.5 Å². The smallest absolute Gasteiger partial charge is 0.416 e. The van der Waals surface area contributed by atoms with E-state index < -0.39 is 17.3 Å². The number of carbonyl (C=O) groups excluding carboxylic acids is 1. The largest absolute Gasteiger partial charge is 0.457 e. The lowest BCUT2D eigenvalue weighted by Gasteiger charge is -2.52. The fourth-order valence-electron chi connectivity index (χ4n) is 6.14. The number of hydrogen-bond acceptors (Lipinski definition) is 3. The van der Waals surface area contributed by atoms with Gasteiger partial charge in [-0.1, -0.05) is 55.3 Å². The minimum Gasteiger partial charge on any atom is -0.457 e. The summed E-state index contributed by atoms with van der Waals surface area (Å²) in [6.45, 7) is 4.34. The van der Waals surface area contributed by atoms with Crippen molar-refractivity contribution in [1.29, 1.82) is 0 Å². The van der Waals surface area contributed by atoms with Gasteiger partial charge in [-0.25, -0.2) is 0 Å². The summed E-state index contributed by atoms with van der Waals surface area (Å²) in [7, 11) is 0. The van der Waals surface area contributed by atoms with Crippen LogP contribution in [-0.2, 0) is 22.1 Å². The summed E-state index contributed by atoms with van der Waals surface area (Å²) in [5.41, 5.74) is 0.496. The summed E-state index contributed by atoms with van der Waals surface area (Å²) in [5, 5.41) is 3.98. The van der Waals surface area contributed by atoms with E-state index in [1.807, 2.05) is 30.3 Å². The highest BCUT2D eigenvalue weighted by Gasteiger charge is 2.49. The van der Waals surface area contributed by atoms with Crippen molar-refractivity contribution in [2.24, 2.45) is 11.8 Å². The first-order valence-electron chi connectivity index (χ1n) is 13.6. The molecule has 5 atom stereocenters. The van der Waals surface area contributed by atoms with Crippen LogP contribution in [0.2, 0.25) is 5.02 Å². The van der Waals surface area contributed by atoms with Gasteiger partial charge in [0.2, 0.25) is 5.91 Å². The molecule has 1 aliphatic carbocycles. The molecule has 4 nitrogen and oxygen atoms in total. The van der Waals surface area contributed by atoms with Gasteiger partial charge in [-0.2, -0.15) is 13.2 Å². The SMILES string of the molecule is C[C@H]1CC[C@H]2[C@H](C1)O[C@H](c1cccc(Oc3cccc(C(F)(F)F)c3)c1)C[C@]2(C)NC(=O)Cc1ccc(Cl)cc1. The van der Waals surface area contributed by atoms with Crippen LogP contribution in [0.1, 0.15) is 62.3 Å².